The Morgan fingerprint density at radius 3 is 1.42 bits per heavy atom. The van der Waals surface area contributed by atoms with Crippen molar-refractivity contribution in [3.8, 4) is 34.1 Å². The summed E-state index contributed by atoms with van der Waals surface area (Å²) in [5, 5.41) is 1.11. The molecule has 0 aliphatic carbocycles. The lowest BCUT2D eigenvalue weighted by Gasteiger charge is -2.22. The van der Waals surface area contributed by atoms with Crippen LogP contribution in [0.5, 0.6) is 11.5 Å². The Hall–Kier alpha value is -7.11. The number of hydrogen-bond acceptors (Lipinski definition) is 10. The largest absolute Gasteiger partial charge is 0.491 e. The first-order chi connectivity index (χ1) is 30.5. The quantitative estimate of drug-likeness (QED) is 0.0543. The van der Waals surface area contributed by atoms with E-state index in [2.05, 4.69) is 4.90 Å². The number of ether oxygens (including phenoxy) is 4. The van der Waals surface area contributed by atoms with Crippen molar-refractivity contribution in [2.45, 2.75) is 6.54 Å². The van der Waals surface area contributed by atoms with Gasteiger partial charge in [-0.1, -0.05) is 78.9 Å². The number of nitrogens with zero attached hydrogens (tertiary/aromatic N) is 1. The minimum Gasteiger partial charge on any atom is -0.491 e. The van der Waals surface area contributed by atoms with Crippen LogP contribution in [-0.2, 0) is 16.0 Å². The Balaban J connectivity index is 0.798. The summed E-state index contributed by atoms with van der Waals surface area (Å²) in [6.45, 7) is 4.45. The molecule has 312 valence electrons. The first kappa shape index (κ1) is 41.6. The van der Waals surface area contributed by atoms with Gasteiger partial charge in [0.25, 0.3) is 0 Å². The van der Waals surface area contributed by atoms with E-state index in [0.29, 0.717) is 115 Å². The minimum absolute atomic E-state index is 0.0105. The van der Waals surface area contributed by atoms with Crippen LogP contribution in [0.1, 0.15) is 21.5 Å². The van der Waals surface area contributed by atoms with Gasteiger partial charge in [-0.3, -0.25) is 19.3 Å². The van der Waals surface area contributed by atoms with E-state index in [1.54, 1.807) is 24.3 Å². The van der Waals surface area contributed by atoms with E-state index in [0.717, 1.165) is 16.7 Å². The predicted molar refractivity (Wildman–Crippen MR) is 240 cm³/mol. The molecule has 6 aromatic carbocycles. The van der Waals surface area contributed by atoms with Crippen LogP contribution < -0.4 is 20.3 Å². The smallest absolute Gasteiger partial charge is 0.193 e. The van der Waals surface area contributed by atoms with Crippen LogP contribution in [0.3, 0.4) is 0 Å². The summed E-state index contributed by atoms with van der Waals surface area (Å²) < 4.78 is 35.8. The molecule has 0 bridgehead atoms. The molecule has 0 N–H and O–H groups in total. The highest BCUT2D eigenvalue weighted by atomic mass is 16.5. The first-order valence-corrected chi connectivity index (χ1v) is 20.6. The van der Waals surface area contributed by atoms with E-state index in [9.17, 15) is 14.4 Å². The molecule has 10 nitrogen and oxygen atoms in total. The second kappa shape index (κ2) is 20.4. The standard InChI is InChI=1S/C52H45NO9/c54-46-34-50(61-48-12-6-4-10-44(46)48)38-18-22-42(23-19-38)59-32-30-57-28-26-53(36-37-14-16-41(17-15-37)52(56)40-8-2-1-3-9-40)27-29-58-31-33-60-43-24-20-39(21-25-43)51-35-47(55)45-11-5-7-13-49(45)62-51/h1-25,34-35H,26-33,36H2. The molecular formula is C52H45NO9. The molecule has 0 spiro atoms. The highest BCUT2D eigenvalue weighted by Gasteiger charge is 2.12. The number of benzene rings is 6. The van der Waals surface area contributed by atoms with E-state index in [1.807, 2.05) is 127 Å². The van der Waals surface area contributed by atoms with Gasteiger partial charge in [0.05, 0.1) is 37.2 Å². The first-order valence-electron chi connectivity index (χ1n) is 20.6. The molecule has 62 heavy (non-hydrogen) atoms. The lowest BCUT2D eigenvalue weighted by Crippen LogP contribution is -2.31. The van der Waals surface area contributed by atoms with Crippen LogP contribution in [0.25, 0.3) is 44.6 Å². The van der Waals surface area contributed by atoms with Crippen molar-refractivity contribution in [1.82, 2.24) is 4.90 Å². The van der Waals surface area contributed by atoms with Crippen molar-refractivity contribution in [3.05, 3.63) is 201 Å². The molecule has 0 saturated heterocycles. The van der Waals surface area contributed by atoms with Crippen LogP contribution in [0.2, 0.25) is 0 Å². The third kappa shape index (κ3) is 10.8. The zero-order valence-corrected chi connectivity index (χ0v) is 34.1. The second-order valence-corrected chi connectivity index (χ2v) is 14.6. The fraction of sp³-hybridized carbons (Fsp3) is 0.173. The Kier molecular flexibility index (Phi) is 13.7. The molecule has 8 aromatic rings. The van der Waals surface area contributed by atoms with Crippen molar-refractivity contribution < 1.29 is 32.6 Å². The molecule has 2 aromatic heterocycles. The van der Waals surface area contributed by atoms with Crippen molar-refractivity contribution in [3.63, 3.8) is 0 Å². The topological polar surface area (TPSA) is 118 Å². The molecular weight excluding hydrogens is 783 g/mol. The number of fused-ring (bicyclic) bond motifs is 2. The van der Waals surface area contributed by atoms with Crippen LogP contribution in [0.4, 0.5) is 0 Å². The zero-order chi connectivity index (χ0) is 42.5. The molecule has 0 atom stereocenters. The maximum Gasteiger partial charge on any atom is 0.193 e. The van der Waals surface area contributed by atoms with E-state index in [4.69, 9.17) is 27.8 Å². The van der Waals surface area contributed by atoms with E-state index in [1.165, 1.54) is 12.1 Å². The zero-order valence-electron chi connectivity index (χ0n) is 34.1. The number of para-hydroxylation sites is 2. The Morgan fingerprint density at radius 2 is 0.919 bits per heavy atom. The van der Waals surface area contributed by atoms with Gasteiger partial charge in [0, 0.05) is 54.0 Å². The van der Waals surface area contributed by atoms with Gasteiger partial charge in [-0.2, -0.15) is 0 Å². The van der Waals surface area contributed by atoms with Gasteiger partial charge >= 0.3 is 0 Å². The van der Waals surface area contributed by atoms with Gasteiger partial charge in [0.2, 0.25) is 0 Å². The Morgan fingerprint density at radius 1 is 0.468 bits per heavy atom. The Labute approximate surface area is 358 Å². The van der Waals surface area contributed by atoms with Gasteiger partial charge in [0.15, 0.2) is 16.6 Å². The maximum absolute atomic E-state index is 13.0. The average molecular weight is 828 g/mol. The number of hydrogen-bond donors (Lipinski definition) is 0. The summed E-state index contributed by atoms with van der Waals surface area (Å²) >= 11 is 0. The Bertz CT molecular complexity index is 2690. The van der Waals surface area contributed by atoms with E-state index in [-0.39, 0.29) is 16.6 Å². The normalized spacial score (nSPS) is 11.3. The molecule has 0 unspecified atom stereocenters. The van der Waals surface area contributed by atoms with Gasteiger partial charge in [-0.25, -0.2) is 0 Å². The SMILES string of the molecule is O=C(c1ccccc1)c1ccc(CN(CCOCCOc2ccc(-c3cc(=O)c4ccccc4o3)cc2)CCOCCOc2ccc(-c3cc(=O)c4ccccc4o3)cc2)cc1. The fourth-order valence-electron chi connectivity index (χ4n) is 7.00. The summed E-state index contributed by atoms with van der Waals surface area (Å²) in [5.74, 6) is 2.36. The summed E-state index contributed by atoms with van der Waals surface area (Å²) in [5.41, 5.74) is 4.87. The molecule has 10 heteroatoms. The summed E-state index contributed by atoms with van der Waals surface area (Å²) in [4.78, 5) is 40.3. The molecule has 0 fully saturated rings. The summed E-state index contributed by atoms with van der Waals surface area (Å²) in [6.07, 6.45) is 0. The number of ketones is 1. The minimum atomic E-state index is -0.0832. The van der Waals surface area contributed by atoms with Crippen molar-refractivity contribution in [2.24, 2.45) is 0 Å². The van der Waals surface area contributed by atoms with Gasteiger partial charge in [-0.05, 0) is 78.4 Å². The average Bonchev–Trinajstić information content (AvgIpc) is 3.31. The number of rotatable bonds is 20. The van der Waals surface area contributed by atoms with Gasteiger partial charge in [-0.15, -0.1) is 0 Å². The van der Waals surface area contributed by atoms with Gasteiger partial charge < -0.3 is 27.8 Å². The molecule has 0 amide bonds. The molecule has 2 heterocycles. The maximum atomic E-state index is 13.0. The fourth-order valence-corrected chi connectivity index (χ4v) is 7.00. The molecule has 8 rings (SSSR count). The van der Waals surface area contributed by atoms with Gasteiger partial charge in [0.1, 0.15) is 47.4 Å². The summed E-state index contributed by atoms with van der Waals surface area (Å²) in [7, 11) is 0. The van der Waals surface area contributed by atoms with Crippen LogP contribution in [0, 0.1) is 0 Å². The van der Waals surface area contributed by atoms with Crippen molar-refractivity contribution >= 4 is 27.7 Å². The highest BCUT2D eigenvalue weighted by molar-refractivity contribution is 6.08. The van der Waals surface area contributed by atoms with Crippen LogP contribution >= 0.6 is 0 Å². The number of carbonyl (C=O) groups excluding carboxylic acids is 1. The monoisotopic (exact) mass is 827 g/mol. The molecule has 0 saturated carbocycles. The van der Waals surface area contributed by atoms with Crippen molar-refractivity contribution in [2.75, 3.05) is 52.7 Å². The lowest BCUT2D eigenvalue weighted by molar-refractivity contribution is 0.0534. The summed E-state index contributed by atoms with van der Waals surface area (Å²) in [6, 6.07) is 49.3. The van der Waals surface area contributed by atoms with Crippen molar-refractivity contribution in [1.29, 1.82) is 0 Å². The molecule has 0 aliphatic rings. The predicted octanol–water partition coefficient (Wildman–Crippen LogP) is 9.46. The van der Waals surface area contributed by atoms with Crippen LogP contribution in [-0.4, -0.2) is 63.4 Å². The number of carbonyl (C=O) groups is 1. The second-order valence-electron chi connectivity index (χ2n) is 14.6. The third-order valence-corrected chi connectivity index (χ3v) is 10.3. The molecule has 0 aliphatic heterocycles. The molecule has 0 radical (unpaired) electrons. The van der Waals surface area contributed by atoms with Crippen LogP contribution in [0.15, 0.2) is 182 Å². The third-order valence-electron chi connectivity index (χ3n) is 10.3. The highest BCUT2D eigenvalue weighted by Crippen LogP contribution is 2.26. The lowest BCUT2D eigenvalue weighted by atomic mass is 10.0. The van der Waals surface area contributed by atoms with E-state index < -0.39 is 0 Å². The van der Waals surface area contributed by atoms with E-state index >= 15 is 0 Å².